The summed E-state index contributed by atoms with van der Waals surface area (Å²) in [6, 6.07) is 3.10. The minimum absolute atomic E-state index is 0.0910. The number of rotatable bonds is 2. The number of nitrogens with zero attached hydrogens (tertiary/aromatic N) is 1. The fourth-order valence-electron chi connectivity index (χ4n) is 5.02. The molecule has 0 aliphatic heterocycles. The summed E-state index contributed by atoms with van der Waals surface area (Å²) in [5.41, 5.74) is 3.17. The van der Waals surface area contributed by atoms with Crippen molar-refractivity contribution in [2.75, 3.05) is 19.0 Å². The number of carbonyl (C=O) groups is 3. The number of phenolic OH excluding ortho intramolecular Hbond substituents is 1. The molecule has 0 bridgehead atoms. The Morgan fingerprint density at radius 1 is 1.17 bits per heavy atom. The summed E-state index contributed by atoms with van der Waals surface area (Å²) >= 11 is 0. The second kappa shape index (κ2) is 6.33. The van der Waals surface area contributed by atoms with E-state index in [0.29, 0.717) is 5.56 Å². The third kappa shape index (κ3) is 2.41. The van der Waals surface area contributed by atoms with Crippen molar-refractivity contribution in [1.82, 2.24) is 0 Å². The van der Waals surface area contributed by atoms with E-state index in [1.165, 1.54) is 6.07 Å². The lowest BCUT2D eigenvalue weighted by molar-refractivity contribution is -0.147. The molecule has 0 heterocycles. The highest BCUT2D eigenvalue weighted by atomic mass is 16.3. The molecule has 9 heteroatoms. The smallest absolute Gasteiger partial charge is 0.255 e. The second-order valence-corrected chi connectivity index (χ2v) is 8.26. The van der Waals surface area contributed by atoms with Gasteiger partial charge in [0.1, 0.15) is 22.8 Å². The maximum Gasteiger partial charge on any atom is 0.255 e. The molecule has 1 aromatic rings. The van der Waals surface area contributed by atoms with Gasteiger partial charge < -0.3 is 31.1 Å². The molecule has 30 heavy (non-hydrogen) atoms. The second-order valence-electron chi connectivity index (χ2n) is 8.26. The van der Waals surface area contributed by atoms with E-state index in [2.05, 4.69) is 0 Å². The van der Waals surface area contributed by atoms with Crippen LogP contribution in [0.15, 0.2) is 29.0 Å². The van der Waals surface area contributed by atoms with Gasteiger partial charge in [-0.1, -0.05) is 0 Å². The number of Topliss-reactive ketones (excluding diaryl/α,β-unsaturated/α-hetero) is 2. The van der Waals surface area contributed by atoms with E-state index < -0.39 is 52.0 Å². The first-order valence-corrected chi connectivity index (χ1v) is 9.49. The molecule has 1 amide bonds. The number of fused-ring (bicyclic) bond motifs is 3. The highest BCUT2D eigenvalue weighted by Gasteiger charge is 2.60. The lowest BCUT2D eigenvalue weighted by Gasteiger charge is -2.46. The molecule has 4 rings (SSSR count). The van der Waals surface area contributed by atoms with Crippen LogP contribution in [0.1, 0.15) is 24.0 Å². The molecule has 0 saturated heterocycles. The number of phenols is 1. The Balaban J connectivity index is 1.95. The van der Waals surface area contributed by atoms with Crippen LogP contribution in [0.2, 0.25) is 0 Å². The Labute approximate surface area is 171 Å². The quantitative estimate of drug-likeness (QED) is 0.437. The Hall–Kier alpha value is -3.33. The predicted molar refractivity (Wildman–Crippen MR) is 106 cm³/mol. The summed E-state index contributed by atoms with van der Waals surface area (Å²) < 4.78 is 0. The summed E-state index contributed by atoms with van der Waals surface area (Å²) in [4.78, 5) is 39.1. The van der Waals surface area contributed by atoms with Gasteiger partial charge in [0.15, 0.2) is 11.4 Å². The van der Waals surface area contributed by atoms with Crippen LogP contribution in [0.3, 0.4) is 0 Å². The van der Waals surface area contributed by atoms with Gasteiger partial charge >= 0.3 is 0 Å². The highest BCUT2D eigenvalue weighted by molar-refractivity contribution is 6.22. The van der Waals surface area contributed by atoms with Crippen molar-refractivity contribution in [2.45, 2.75) is 24.9 Å². The van der Waals surface area contributed by atoms with Gasteiger partial charge in [-0.25, -0.2) is 0 Å². The third-order valence-corrected chi connectivity index (χ3v) is 6.40. The van der Waals surface area contributed by atoms with Crippen molar-refractivity contribution < 1.29 is 34.8 Å². The van der Waals surface area contributed by atoms with Crippen molar-refractivity contribution in [3.8, 4) is 5.75 Å². The topological polar surface area (TPSA) is 161 Å². The van der Waals surface area contributed by atoms with E-state index in [0.717, 1.165) is 5.69 Å². The normalized spacial score (nSPS) is 28.1. The van der Waals surface area contributed by atoms with Crippen LogP contribution in [0.25, 0.3) is 5.76 Å². The van der Waals surface area contributed by atoms with Gasteiger partial charge in [0.2, 0.25) is 5.78 Å². The van der Waals surface area contributed by atoms with Gasteiger partial charge in [0.05, 0.1) is 5.56 Å². The first kappa shape index (κ1) is 20.0. The number of aliphatic hydroxyl groups is 3. The van der Waals surface area contributed by atoms with E-state index in [9.17, 15) is 34.8 Å². The van der Waals surface area contributed by atoms with Gasteiger partial charge in [-0.15, -0.1) is 0 Å². The molecule has 158 valence electrons. The number of hydrogen-bond donors (Lipinski definition) is 5. The van der Waals surface area contributed by atoms with Crippen LogP contribution >= 0.6 is 0 Å². The third-order valence-electron chi connectivity index (χ3n) is 6.40. The summed E-state index contributed by atoms with van der Waals surface area (Å²) in [7, 11) is 3.61. The molecule has 1 aromatic carbocycles. The van der Waals surface area contributed by atoms with Crippen LogP contribution in [-0.2, 0) is 20.8 Å². The van der Waals surface area contributed by atoms with E-state index in [1.54, 1.807) is 6.07 Å². The first-order chi connectivity index (χ1) is 14.0. The Morgan fingerprint density at radius 3 is 2.43 bits per heavy atom. The highest BCUT2D eigenvalue weighted by Crippen LogP contribution is 2.52. The van der Waals surface area contributed by atoms with Crippen molar-refractivity contribution in [3.05, 3.63) is 40.2 Å². The number of amides is 1. The minimum atomic E-state index is -2.54. The zero-order valence-electron chi connectivity index (χ0n) is 16.5. The van der Waals surface area contributed by atoms with Crippen LogP contribution in [0.4, 0.5) is 5.69 Å². The summed E-state index contributed by atoms with van der Waals surface area (Å²) in [6.45, 7) is 0. The van der Waals surface area contributed by atoms with Crippen molar-refractivity contribution in [2.24, 2.45) is 17.6 Å². The zero-order valence-corrected chi connectivity index (χ0v) is 16.5. The standard InChI is InChI=1S/C21H22N2O7/c1-23(2)11-3-4-12(24)15-10(11)6-8-5-9-7-13(25)16(20(22)29)19(28)21(9,30)18(27)14(8)17(15)26/h3-4,8-9,24,26,28,30H,5-7H2,1-2H3,(H2,22,29). The maximum absolute atomic E-state index is 13.3. The van der Waals surface area contributed by atoms with Crippen LogP contribution < -0.4 is 10.6 Å². The Kier molecular flexibility index (Phi) is 4.21. The lowest BCUT2D eigenvalue weighted by atomic mass is 9.59. The predicted octanol–water partition coefficient (Wildman–Crippen LogP) is 0.490. The molecule has 3 atom stereocenters. The van der Waals surface area contributed by atoms with Crippen molar-refractivity contribution in [3.63, 3.8) is 0 Å². The Morgan fingerprint density at radius 2 is 1.83 bits per heavy atom. The molecule has 6 N–H and O–H groups in total. The van der Waals surface area contributed by atoms with E-state index in [4.69, 9.17) is 5.73 Å². The number of nitrogens with two attached hydrogens (primary N) is 1. The average Bonchev–Trinajstić information content (AvgIpc) is 2.64. The van der Waals surface area contributed by atoms with Gasteiger partial charge in [-0.05, 0) is 36.5 Å². The number of hydrogen-bond acceptors (Lipinski definition) is 8. The minimum Gasteiger partial charge on any atom is -0.508 e. The monoisotopic (exact) mass is 414 g/mol. The molecule has 1 fully saturated rings. The van der Waals surface area contributed by atoms with Gasteiger partial charge in [0, 0.05) is 37.7 Å². The van der Waals surface area contributed by atoms with E-state index in [1.807, 2.05) is 19.0 Å². The summed E-state index contributed by atoms with van der Waals surface area (Å²) in [5.74, 6) is -6.25. The SMILES string of the molecule is CN(C)c1ccc(O)c2c1CC1CC3CC(=O)C(C(N)=O)=C(O)C3(O)C(=O)C1=C2O. The molecule has 0 aromatic heterocycles. The van der Waals surface area contributed by atoms with Crippen LogP contribution in [-0.4, -0.2) is 57.6 Å². The molecule has 3 unspecified atom stereocenters. The molecule has 0 spiro atoms. The van der Waals surface area contributed by atoms with E-state index in [-0.39, 0.29) is 36.1 Å². The Bertz CT molecular complexity index is 1090. The number of ketones is 2. The largest absolute Gasteiger partial charge is 0.508 e. The molecular weight excluding hydrogens is 392 g/mol. The van der Waals surface area contributed by atoms with Gasteiger partial charge in [-0.3, -0.25) is 14.4 Å². The van der Waals surface area contributed by atoms with Gasteiger partial charge in [0.25, 0.3) is 5.91 Å². The molecule has 3 aliphatic rings. The van der Waals surface area contributed by atoms with Crippen LogP contribution in [0.5, 0.6) is 5.75 Å². The summed E-state index contributed by atoms with van der Waals surface area (Å²) in [6.07, 6.45) is 0.0737. The number of aliphatic hydroxyl groups excluding tert-OH is 2. The number of benzene rings is 1. The fraction of sp³-hybridized carbons (Fsp3) is 0.381. The van der Waals surface area contributed by atoms with Gasteiger partial charge in [-0.2, -0.15) is 0 Å². The lowest BCUT2D eigenvalue weighted by Crippen LogP contribution is -2.58. The maximum atomic E-state index is 13.3. The molecule has 3 aliphatic carbocycles. The number of carbonyl (C=O) groups excluding carboxylic acids is 3. The van der Waals surface area contributed by atoms with Crippen molar-refractivity contribution in [1.29, 1.82) is 0 Å². The average molecular weight is 414 g/mol. The van der Waals surface area contributed by atoms with Crippen LogP contribution in [0, 0.1) is 11.8 Å². The fourth-order valence-corrected chi connectivity index (χ4v) is 5.02. The molecule has 9 nitrogen and oxygen atoms in total. The van der Waals surface area contributed by atoms with E-state index >= 15 is 0 Å². The number of anilines is 1. The molecule has 1 saturated carbocycles. The van der Waals surface area contributed by atoms with Crippen molar-refractivity contribution >= 4 is 28.9 Å². The zero-order chi connectivity index (χ0) is 22.1. The first-order valence-electron chi connectivity index (χ1n) is 9.49. The molecule has 0 radical (unpaired) electrons. The molecular formula is C21H22N2O7. The number of aromatic hydroxyl groups is 1. The number of primary amides is 1. The summed E-state index contributed by atoms with van der Waals surface area (Å²) in [5, 5.41) is 43.0.